The Balaban J connectivity index is 2.77. The summed E-state index contributed by atoms with van der Waals surface area (Å²) in [5, 5.41) is 0. The third-order valence-electron chi connectivity index (χ3n) is 3.25. The average Bonchev–Trinajstić information content (AvgIpc) is 2.15. The van der Waals surface area contributed by atoms with Crippen molar-refractivity contribution in [1.29, 1.82) is 0 Å². The fraction of sp³-hybridized carbons (Fsp3) is 0.923. The van der Waals surface area contributed by atoms with Gasteiger partial charge in [-0.15, -0.1) is 0 Å². The van der Waals surface area contributed by atoms with E-state index in [2.05, 4.69) is 18.7 Å². The molecule has 1 aliphatic rings. The molecule has 0 aromatic carbocycles. The van der Waals surface area contributed by atoms with Gasteiger partial charge >= 0.3 is 0 Å². The molecule has 1 atom stereocenters. The Bertz CT molecular complexity index is 227. The molecule has 0 bridgehead atoms. The minimum absolute atomic E-state index is 0.166. The zero-order chi connectivity index (χ0) is 11.6. The van der Waals surface area contributed by atoms with Crippen molar-refractivity contribution in [2.24, 2.45) is 5.41 Å². The maximum Gasteiger partial charge on any atom is 0.155 e. The van der Waals surface area contributed by atoms with Crippen molar-refractivity contribution in [3.8, 4) is 0 Å². The number of nitrogens with zero attached hydrogens (tertiary/aromatic N) is 1. The summed E-state index contributed by atoms with van der Waals surface area (Å²) >= 11 is 0. The number of hydrogen-bond donors (Lipinski definition) is 0. The van der Waals surface area contributed by atoms with Gasteiger partial charge in [-0.2, -0.15) is 0 Å². The van der Waals surface area contributed by atoms with Crippen LogP contribution in [0.5, 0.6) is 0 Å². The Morgan fingerprint density at radius 1 is 1.27 bits per heavy atom. The molecule has 1 rings (SSSR count). The average molecular weight is 211 g/mol. The SMILES string of the molecule is CC(C)N1CCCCC1C(=O)C(C)(C)C. The number of carbonyl (C=O) groups is 1. The lowest BCUT2D eigenvalue weighted by molar-refractivity contribution is -0.134. The van der Waals surface area contributed by atoms with Crippen molar-refractivity contribution in [2.75, 3.05) is 6.54 Å². The first-order chi connectivity index (χ1) is 6.84. The molecule has 15 heavy (non-hydrogen) atoms. The monoisotopic (exact) mass is 211 g/mol. The molecule has 1 heterocycles. The second kappa shape index (κ2) is 4.65. The van der Waals surface area contributed by atoms with Gasteiger partial charge in [0.2, 0.25) is 0 Å². The van der Waals surface area contributed by atoms with Gasteiger partial charge in [-0.25, -0.2) is 0 Å². The van der Waals surface area contributed by atoms with E-state index in [4.69, 9.17) is 0 Å². The number of Topliss-reactive ketones (excluding diaryl/α,β-unsaturated/α-hetero) is 1. The Morgan fingerprint density at radius 3 is 2.33 bits per heavy atom. The van der Waals surface area contributed by atoms with Gasteiger partial charge in [0.05, 0.1) is 6.04 Å². The second-order valence-electron chi connectivity index (χ2n) is 5.96. The number of likely N-dealkylation sites (tertiary alicyclic amines) is 1. The highest BCUT2D eigenvalue weighted by molar-refractivity contribution is 5.88. The lowest BCUT2D eigenvalue weighted by Gasteiger charge is -2.40. The van der Waals surface area contributed by atoms with E-state index in [1.54, 1.807) is 0 Å². The van der Waals surface area contributed by atoms with Crippen LogP contribution in [0.2, 0.25) is 0 Å². The van der Waals surface area contributed by atoms with E-state index in [1.165, 1.54) is 12.8 Å². The van der Waals surface area contributed by atoms with Crippen LogP contribution >= 0.6 is 0 Å². The lowest BCUT2D eigenvalue weighted by atomic mass is 9.82. The number of hydrogen-bond acceptors (Lipinski definition) is 2. The van der Waals surface area contributed by atoms with Crippen LogP contribution in [0.1, 0.15) is 53.9 Å². The quantitative estimate of drug-likeness (QED) is 0.700. The zero-order valence-electron chi connectivity index (χ0n) is 10.8. The molecule has 2 nitrogen and oxygen atoms in total. The van der Waals surface area contributed by atoms with Crippen molar-refractivity contribution in [3.63, 3.8) is 0 Å². The molecular weight excluding hydrogens is 186 g/mol. The van der Waals surface area contributed by atoms with Crippen LogP contribution < -0.4 is 0 Å². The molecule has 0 aliphatic carbocycles. The molecule has 1 unspecified atom stereocenters. The maximum atomic E-state index is 12.3. The summed E-state index contributed by atoms with van der Waals surface area (Å²) in [7, 11) is 0. The van der Waals surface area contributed by atoms with Gasteiger partial charge in [-0.05, 0) is 33.2 Å². The summed E-state index contributed by atoms with van der Waals surface area (Å²) in [5.74, 6) is 0.413. The van der Waals surface area contributed by atoms with E-state index in [9.17, 15) is 4.79 Å². The molecule has 0 aromatic rings. The first-order valence-corrected chi connectivity index (χ1v) is 6.14. The molecule has 0 spiro atoms. The molecule has 0 radical (unpaired) electrons. The number of piperidine rings is 1. The molecule has 0 N–H and O–H groups in total. The smallest absolute Gasteiger partial charge is 0.155 e. The van der Waals surface area contributed by atoms with Gasteiger partial charge in [0.1, 0.15) is 0 Å². The van der Waals surface area contributed by atoms with Crippen molar-refractivity contribution < 1.29 is 4.79 Å². The molecule has 0 saturated carbocycles. The topological polar surface area (TPSA) is 20.3 Å². The van der Waals surface area contributed by atoms with E-state index in [0.29, 0.717) is 11.8 Å². The van der Waals surface area contributed by atoms with Gasteiger partial charge < -0.3 is 0 Å². The first-order valence-electron chi connectivity index (χ1n) is 6.14. The van der Waals surface area contributed by atoms with Crippen molar-refractivity contribution in [1.82, 2.24) is 4.90 Å². The highest BCUT2D eigenvalue weighted by Crippen LogP contribution is 2.27. The van der Waals surface area contributed by atoms with E-state index in [1.807, 2.05) is 20.8 Å². The Kier molecular flexibility index (Phi) is 3.93. The molecule has 88 valence electrons. The Labute approximate surface area is 94.0 Å². The standard InChI is InChI=1S/C13H25NO/c1-10(2)14-9-7-6-8-11(14)12(15)13(3,4)5/h10-11H,6-9H2,1-5H3. The van der Waals surface area contributed by atoms with Gasteiger partial charge in [0.25, 0.3) is 0 Å². The van der Waals surface area contributed by atoms with E-state index in [-0.39, 0.29) is 11.5 Å². The first kappa shape index (κ1) is 12.7. The zero-order valence-corrected chi connectivity index (χ0v) is 10.8. The number of ketones is 1. The minimum atomic E-state index is -0.199. The lowest BCUT2D eigenvalue weighted by Crippen LogP contribution is -2.51. The molecule has 2 heteroatoms. The third kappa shape index (κ3) is 3.04. The predicted octanol–water partition coefficient (Wildman–Crippen LogP) is 2.86. The largest absolute Gasteiger partial charge is 0.297 e. The molecule has 0 amide bonds. The molecular formula is C13H25NO. The van der Waals surface area contributed by atoms with Crippen LogP contribution in [-0.4, -0.2) is 29.3 Å². The summed E-state index contributed by atoms with van der Waals surface area (Å²) < 4.78 is 0. The fourth-order valence-corrected chi connectivity index (χ4v) is 2.35. The summed E-state index contributed by atoms with van der Waals surface area (Å²) in [6, 6.07) is 0.653. The molecule has 1 saturated heterocycles. The fourth-order valence-electron chi connectivity index (χ4n) is 2.35. The summed E-state index contributed by atoms with van der Waals surface area (Å²) in [5.41, 5.74) is -0.199. The van der Waals surface area contributed by atoms with Crippen LogP contribution in [0.3, 0.4) is 0 Å². The maximum absolute atomic E-state index is 12.3. The third-order valence-corrected chi connectivity index (χ3v) is 3.25. The van der Waals surface area contributed by atoms with E-state index < -0.39 is 0 Å². The Morgan fingerprint density at radius 2 is 1.87 bits per heavy atom. The van der Waals surface area contributed by atoms with Gasteiger partial charge in [0, 0.05) is 11.5 Å². The second-order valence-corrected chi connectivity index (χ2v) is 5.96. The molecule has 1 fully saturated rings. The van der Waals surface area contributed by atoms with Gasteiger partial charge in [0.15, 0.2) is 5.78 Å². The number of carbonyl (C=O) groups excluding carboxylic acids is 1. The summed E-state index contributed by atoms with van der Waals surface area (Å²) in [6.07, 6.45) is 3.50. The number of rotatable bonds is 2. The van der Waals surface area contributed by atoms with Crippen LogP contribution in [0.4, 0.5) is 0 Å². The molecule has 1 aliphatic heterocycles. The van der Waals surface area contributed by atoms with Crippen molar-refractivity contribution >= 4 is 5.78 Å². The van der Waals surface area contributed by atoms with Crippen LogP contribution in [0, 0.1) is 5.41 Å². The van der Waals surface area contributed by atoms with E-state index in [0.717, 1.165) is 13.0 Å². The van der Waals surface area contributed by atoms with E-state index >= 15 is 0 Å². The van der Waals surface area contributed by atoms with Crippen molar-refractivity contribution in [3.05, 3.63) is 0 Å². The molecule has 0 aromatic heterocycles. The summed E-state index contributed by atoms with van der Waals surface area (Å²) in [4.78, 5) is 14.7. The van der Waals surface area contributed by atoms with Gasteiger partial charge in [-0.3, -0.25) is 9.69 Å². The minimum Gasteiger partial charge on any atom is -0.297 e. The normalized spacial score (nSPS) is 24.5. The summed E-state index contributed by atoms with van der Waals surface area (Å²) in [6.45, 7) is 11.6. The van der Waals surface area contributed by atoms with Gasteiger partial charge in [-0.1, -0.05) is 27.2 Å². The Hall–Kier alpha value is -0.370. The van der Waals surface area contributed by atoms with Crippen LogP contribution in [0.15, 0.2) is 0 Å². The highest BCUT2D eigenvalue weighted by Gasteiger charge is 2.35. The highest BCUT2D eigenvalue weighted by atomic mass is 16.1. The predicted molar refractivity (Wildman–Crippen MR) is 63.9 cm³/mol. The van der Waals surface area contributed by atoms with Crippen LogP contribution in [0.25, 0.3) is 0 Å². The van der Waals surface area contributed by atoms with Crippen LogP contribution in [-0.2, 0) is 4.79 Å². The van der Waals surface area contributed by atoms with Crippen molar-refractivity contribution in [2.45, 2.75) is 66.0 Å².